The molecule has 0 aromatic carbocycles. The van der Waals surface area contributed by atoms with Crippen molar-refractivity contribution in [3.63, 3.8) is 0 Å². The average molecular weight is 445 g/mol. The summed E-state index contributed by atoms with van der Waals surface area (Å²) in [5.74, 6) is 0.564. The van der Waals surface area contributed by atoms with E-state index in [1.54, 1.807) is 0 Å². The Kier molecular flexibility index (Phi) is 7.19. The van der Waals surface area contributed by atoms with E-state index in [4.69, 9.17) is 4.98 Å². The Morgan fingerprint density at radius 1 is 1.06 bits per heavy atom. The van der Waals surface area contributed by atoms with Crippen molar-refractivity contribution in [1.29, 1.82) is 0 Å². The van der Waals surface area contributed by atoms with Gasteiger partial charge < -0.3 is 25.4 Å². The van der Waals surface area contributed by atoms with Crippen LogP contribution in [0, 0.1) is 5.82 Å². The summed E-state index contributed by atoms with van der Waals surface area (Å²) < 4.78 is 13.7. The number of H-pyrrole nitrogens is 1. The van der Waals surface area contributed by atoms with Gasteiger partial charge in [0.1, 0.15) is 0 Å². The second-order valence-corrected chi connectivity index (χ2v) is 8.95. The predicted octanol–water partition coefficient (Wildman–Crippen LogP) is 3.11. The van der Waals surface area contributed by atoms with E-state index in [1.807, 2.05) is 7.05 Å². The highest BCUT2D eigenvalue weighted by Crippen LogP contribution is 2.24. The largest absolute Gasteiger partial charge is 0.351 e. The summed E-state index contributed by atoms with van der Waals surface area (Å²) >= 11 is 0. The number of hydrogen-bond donors (Lipinski definition) is 3. The first-order valence-electron chi connectivity index (χ1n) is 11.6. The number of pyridine rings is 1. The lowest BCUT2D eigenvalue weighted by atomic mass is 10.0. The number of likely N-dealkylation sites (tertiary alicyclic amines) is 1. The zero-order valence-corrected chi connectivity index (χ0v) is 18.9. The van der Waals surface area contributed by atoms with Crippen LogP contribution in [0.15, 0.2) is 17.1 Å². The van der Waals surface area contributed by atoms with E-state index in [0.29, 0.717) is 35.6 Å². The van der Waals surface area contributed by atoms with Gasteiger partial charge in [0.25, 0.3) is 5.56 Å². The fraction of sp³-hybridized carbons (Fsp3) is 0.636. The van der Waals surface area contributed by atoms with Crippen LogP contribution >= 0.6 is 0 Å². The van der Waals surface area contributed by atoms with Crippen LogP contribution in [0.5, 0.6) is 0 Å². The Morgan fingerprint density at radius 2 is 1.75 bits per heavy atom. The van der Waals surface area contributed by atoms with Gasteiger partial charge in [-0.25, -0.2) is 4.39 Å². The lowest BCUT2D eigenvalue weighted by molar-refractivity contribution is 0.252. The molecule has 1 aliphatic heterocycles. The number of nitrogens with zero attached hydrogens (tertiary/aromatic N) is 5. The van der Waals surface area contributed by atoms with Crippen LogP contribution in [0.1, 0.15) is 51.4 Å². The fourth-order valence-corrected chi connectivity index (χ4v) is 4.45. The zero-order valence-electron chi connectivity index (χ0n) is 18.9. The van der Waals surface area contributed by atoms with E-state index in [1.165, 1.54) is 31.9 Å². The standard InChI is InChI=1S/C22H33FN8O/c1-30-11-9-17(10-12-30)31(2)22-28-20(25-15-7-5-3-4-6-8-15)27-21(29-22)26-16-13-18(23)19(32)24-14-16/h13-15,17H,3-12H2,1-2H3,(H,24,32)(H2,25,26,27,28,29). The van der Waals surface area contributed by atoms with Crippen LogP contribution < -0.4 is 21.1 Å². The molecule has 3 N–H and O–H groups in total. The second kappa shape index (κ2) is 10.2. The molecule has 2 aromatic heterocycles. The highest BCUT2D eigenvalue weighted by Gasteiger charge is 2.24. The molecule has 32 heavy (non-hydrogen) atoms. The molecule has 1 aliphatic carbocycles. The maximum Gasteiger partial charge on any atom is 0.284 e. The second-order valence-electron chi connectivity index (χ2n) is 8.95. The maximum absolute atomic E-state index is 13.7. The Balaban J connectivity index is 1.59. The Morgan fingerprint density at radius 3 is 2.44 bits per heavy atom. The first-order chi connectivity index (χ1) is 15.5. The number of aromatic amines is 1. The smallest absolute Gasteiger partial charge is 0.284 e. The fourth-order valence-electron chi connectivity index (χ4n) is 4.45. The third kappa shape index (κ3) is 5.73. The SMILES string of the molecule is CN1CCC(N(C)c2nc(Nc3c[nH]c(=O)c(F)c3)nc(NC3CCCCCC3)n2)CC1. The molecule has 4 rings (SSSR count). The molecule has 0 spiro atoms. The number of halogens is 1. The van der Waals surface area contributed by atoms with Crippen LogP contribution in [-0.2, 0) is 0 Å². The van der Waals surface area contributed by atoms with E-state index >= 15 is 0 Å². The van der Waals surface area contributed by atoms with Gasteiger partial charge in [-0.1, -0.05) is 25.7 Å². The molecule has 9 nitrogen and oxygen atoms in total. The molecule has 2 fully saturated rings. The van der Waals surface area contributed by atoms with Gasteiger partial charge in [0.05, 0.1) is 5.69 Å². The average Bonchev–Trinajstić information content (AvgIpc) is 3.05. The molecule has 0 bridgehead atoms. The van der Waals surface area contributed by atoms with Crippen molar-refractivity contribution in [1.82, 2.24) is 24.8 Å². The molecule has 3 heterocycles. The van der Waals surface area contributed by atoms with Gasteiger partial charge in [-0.3, -0.25) is 4.79 Å². The van der Waals surface area contributed by atoms with Crippen LogP contribution in [0.25, 0.3) is 0 Å². The molecule has 0 radical (unpaired) electrons. The Bertz CT molecular complexity index is 951. The summed E-state index contributed by atoms with van der Waals surface area (Å²) in [6.07, 6.45) is 10.6. The minimum atomic E-state index is -0.857. The first-order valence-corrected chi connectivity index (χ1v) is 11.6. The van der Waals surface area contributed by atoms with E-state index in [9.17, 15) is 9.18 Å². The van der Waals surface area contributed by atoms with Gasteiger partial charge in [0.2, 0.25) is 17.8 Å². The summed E-state index contributed by atoms with van der Waals surface area (Å²) in [6.45, 7) is 2.07. The van der Waals surface area contributed by atoms with Crippen LogP contribution in [0.4, 0.5) is 27.9 Å². The molecule has 1 saturated heterocycles. The van der Waals surface area contributed by atoms with Gasteiger partial charge in [-0.15, -0.1) is 0 Å². The normalized spacial score (nSPS) is 18.8. The number of piperidine rings is 1. The van der Waals surface area contributed by atoms with Crippen LogP contribution in [0.2, 0.25) is 0 Å². The molecule has 2 aromatic rings. The maximum atomic E-state index is 13.7. The Hall–Kier alpha value is -2.75. The molecule has 174 valence electrons. The van der Waals surface area contributed by atoms with Crippen molar-refractivity contribution in [2.75, 3.05) is 42.7 Å². The molecule has 0 unspecified atom stereocenters. The van der Waals surface area contributed by atoms with Gasteiger partial charge in [-0.2, -0.15) is 15.0 Å². The van der Waals surface area contributed by atoms with Crippen LogP contribution in [-0.4, -0.2) is 64.1 Å². The van der Waals surface area contributed by atoms with Gasteiger partial charge in [0, 0.05) is 31.4 Å². The molecular formula is C22H33FN8O. The zero-order chi connectivity index (χ0) is 22.5. The summed E-state index contributed by atoms with van der Waals surface area (Å²) in [6, 6.07) is 1.82. The first kappa shape index (κ1) is 22.4. The quantitative estimate of drug-likeness (QED) is 0.584. The summed E-state index contributed by atoms with van der Waals surface area (Å²) in [4.78, 5) is 32.1. The molecule has 0 atom stereocenters. The minimum absolute atomic E-state index is 0.317. The number of hydrogen-bond acceptors (Lipinski definition) is 8. The summed E-state index contributed by atoms with van der Waals surface area (Å²) in [5, 5.41) is 6.52. The highest BCUT2D eigenvalue weighted by molar-refractivity contribution is 5.55. The molecular weight excluding hydrogens is 411 g/mol. The molecule has 10 heteroatoms. The topological polar surface area (TPSA) is 102 Å². The van der Waals surface area contributed by atoms with Crippen LogP contribution in [0.3, 0.4) is 0 Å². The highest BCUT2D eigenvalue weighted by atomic mass is 19.1. The summed E-state index contributed by atoms with van der Waals surface area (Å²) in [7, 11) is 4.16. The number of nitrogens with one attached hydrogen (secondary N) is 3. The lowest BCUT2D eigenvalue weighted by Crippen LogP contribution is -2.42. The molecule has 0 amide bonds. The predicted molar refractivity (Wildman–Crippen MR) is 124 cm³/mol. The van der Waals surface area contributed by atoms with Gasteiger partial charge in [0.15, 0.2) is 5.82 Å². The molecule has 1 saturated carbocycles. The number of anilines is 4. The lowest BCUT2D eigenvalue weighted by Gasteiger charge is -2.35. The minimum Gasteiger partial charge on any atom is -0.351 e. The van der Waals surface area contributed by atoms with Crippen molar-refractivity contribution in [3.8, 4) is 0 Å². The number of aromatic nitrogens is 4. The number of rotatable bonds is 6. The van der Waals surface area contributed by atoms with Crippen molar-refractivity contribution >= 4 is 23.5 Å². The van der Waals surface area contributed by atoms with Crippen molar-refractivity contribution < 1.29 is 4.39 Å². The third-order valence-corrected chi connectivity index (χ3v) is 6.48. The Labute approximate surface area is 187 Å². The third-order valence-electron chi connectivity index (χ3n) is 6.48. The van der Waals surface area contributed by atoms with Gasteiger partial charge in [-0.05, 0) is 45.8 Å². The molecule has 2 aliphatic rings. The van der Waals surface area contributed by atoms with E-state index < -0.39 is 11.4 Å². The van der Waals surface area contributed by atoms with Crippen molar-refractivity contribution in [2.45, 2.75) is 63.5 Å². The van der Waals surface area contributed by atoms with Gasteiger partial charge >= 0.3 is 0 Å². The van der Waals surface area contributed by atoms with Crippen molar-refractivity contribution in [3.05, 3.63) is 28.4 Å². The van der Waals surface area contributed by atoms with E-state index in [-0.39, 0.29) is 0 Å². The monoisotopic (exact) mass is 444 g/mol. The summed E-state index contributed by atoms with van der Waals surface area (Å²) in [5.41, 5.74) is -0.383. The van der Waals surface area contributed by atoms with Crippen molar-refractivity contribution in [2.24, 2.45) is 0 Å². The van der Waals surface area contributed by atoms with E-state index in [2.05, 4.69) is 42.4 Å². The van der Waals surface area contributed by atoms with E-state index in [0.717, 1.165) is 44.8 Å².